The Morgan fingerprint density at radius 1 is 1.03 bits per heavy atom. The molecule has 1 saturated heterocycles. The first-order chi connectivity index (χ1) is 13.6. The number of piperidine rings is 1. The second-order valence-electron chi connectivity index (χ2n) is 8.48. The molecule has 0 bridgehead atoms. The Bertz CT molecular complexity index is 658. The topological polar surface area (TPSA) is 101 Å². The van der Waals surface area contributed by atoms with Crippen LogP contribution in [0.3, 0.4) is 0 Å². The molecule has 0 radical (unpaired) electrons. The number of nitrogens with zero attached hydrogens (tertiary/aromatic N) is 4. The minimum Gasteiger partial charge on any atom is -0.343 e. The number of carbonyl (C=O) groups is 2. The van der Waals surface area contributed by atoms with Crippen molar-refractivity contribution in [1.82, 2.24) is 18.6 Å². The highest BCUT2D eigenvalue weighted by atomic mass is 32.2. The molecule has 0 spiro atoms. The molecule has 1 saturated carbocycles. The van der Waals surface area contributed by atoms with Gasteiger partial charge in [-0.05, 0) is 38.0 Å². The second-order valence-corrected chi connectivity index (χ2v) is 10.7. The van der Waals surface area contributed by atoms with E-state index in [1.54, 1.807) is 4.90 Å². The highest BCUT2D eigenvalue weighted by Gasteiger charge is 2.34. The lowest BCUT2D eigenvalue weighted by Crippen LogP contribution is -2.47. The van der Waals surface area contributed by atoms with E-state index < -0.39 is 22.0 Å². The summed E-state index contributed by atoms with van der Waals surface area (Å²) in [5, 5.41) is 11.1. The van der Waals surface area contributed by atoms with E-state index in [4.69, 9.17) is 0 Å². The fourth-order valence-electron chi connectivity index (χ4n) is 4.13. The lowest BCUT2D eigenvalue weighted by molar-refractivity contribution is -0.174. The molecule has 2 fully saturated rings. The van der Waals surface area contributed by atoms with Gasteiger partial charge in [-0.3, -0.25) is 14.8 Å². The largest absolute Gasteiger partial charge is 0.343 e. The molecule has 1 N–H and O–H groups in total. The summed E-state index contributed by atoms with van der Waals surface area (Å²) in [7, 11) is 0.497. The number of hydroxylamine groups is 2. The van der Waals surface area contributed by atoms with Gasteiger partial charge in [0.25, 0.3) is 16.1 Å². The molecule has 1 heterocycles. The summed E-state index contributed by atoms with van der Waals surface area (Å²) in [5.41, 5.74) is 0. The normalized spacial score (nSPS) is 19.7. The summed E-state index contributed by atoms with van der Waals surface area (Å²) in [6.45, 7) is 1.41. The first kappa shape index (κ1) is 24.0. The third kappa shape index (κ3) is 6.63. The van der Waals surface area contributed by atoms with Gasteiger partial charge in [0.05, 0.1) is 12.5 Å². The summed E-state index contributed by atoms with van der Waals surface area (Å²) in [5.74, 6) is -1.41. The monoisotopic (exact) mass is 432 g/mol. The number of rotatable bonds is 9. The summed E-state index contributed by atoms with van der Waals surface area (Å²) >= 11 is 0. The third-order valence-corrected chi connectivity index (χ3v) is 7.83. The summed E-state index contributed by atoms with van der Waals surface area (Å²) < 4.78 is 26.9. The van der Waals surface area contributed by atoms with Crippen LogP contribution in [0.4, 0.5) is 0 Å². The van der Waals surface area contributed by atoms with Gasteiger partial charge < -0.3 is 4.90 Å². The van der Waals surface area contributed by atoms with Gasteiger partial charge in [-0.15, -0.1) is 0 Å². The molecule has 1 aliphatic heterocycles. The number of carbonyl (C=O) groups excluding carboxylic acids is 2. The van der Waals surface area contributed by atoms with Crippen molar-refractivity contribution in [1.29, 1.82) is 0 Å². The van der Waals surface area contributed by atoms with E-state index in [1.807, 2.05) is 0 Å². The Balaban J connectivity index is 2.09. The maximum atomic E-state index is 13.0. The van der Waals surface area contributed by atoms with E-state index in [9.17, 15) is 23.2 Å². The van der Waals surface area contributed by atoms with E-state index in [0.29, 0.717) is 18.2 Å². The van der Waals surface area contributed by atoms with Crippen LogP contribution in [0.15, 0.2) is 0 Å². The van der Waals surface area contributed by atoms with Crippen molar-refractivity contribution in [2.24, 2.45) is 11.8 Å². The molecule has 0 aromatic carbocycles. The number of hydrogen-bond donors (Lipinski definition) is 1. The standard InChI is InChI=1S/C19H36N4O5S/c1-20(2)29(27,28)21(3)15-17(13-18(24)22-11-7-4-8-12-22)19(25)23(26)14-16-9-5-6-10-16/h16-17,26H,4-15H2,1-3H3/t17-/m0/s1. The van der Waals surface area contributed by atoms with E-state index >= 15 is 0 Å². The summed E-state index contributed by atoms with van der Waals surface area (Å²) in [6.07, 6.45) is 6.98. The lowest BCUT2D eigenvalue weighted by atomic mass is 10.0. The Morgan fingerprint density at radius 2 is 1.62 bits per heavy atom. The van der Waals surface area contributed by atoms with Crippen molar-refractivity contribution in [3.63, 3.8) is 0 Å². The van der Waals surface area contributed by atoms with Gasteiger partial charge in [-0.25, -0.2) is 5.06 Å². The fourth-order valence-corrected chi connectivity index (χ4v) is 5.06. The van der Waals surface area contributed by atoms with Crippen LogP contribution in [0.1, 0.15) is 51.4 Å². The quantitative estimate of drug-likeness (QED) is 0.435. The van der Waals surface area contributed by atoms with Gasteiger partial charge in [0.2, 0.25) is 5.91 Å². The molecule has 1 aliphatic carbocycles. The van der Waals surface area contributed by atoms with E-state index in [1.165, 1.54) is 21.1 Å². The lowest BCUT2D eigenvalue weighted by Gasteiger charge is -2.31. The van der Waals surface area contributed by atoms with Gasteiger partial charge in [0, 0.05) is 47.2 Å². The van der Waals surface area contributed by atoms with Crippen molar-refractivity contribution in [2.45, 2.75) is 51.4 Å². The third-order valence-electron chi connectivity index (χ3n) is 5.97. The van der Waals surface area contributed by atoms with Gasteiger partial charge >= 0.3 is 0 Å². The maximum Gasteiger partial charge on any atom is 0.281 e. The molecule has 0 aromatic rings. The Labute approximate surface area is 174 Å². The van der Waals surface area contributed by atoms with E-state index in [-0.39, 0.29) is 31.3 Å². The molecule has 2 aliphatic rings. The predicted octanol–water partition coefficient (Wildman–Crippen LogP) is 1.15. The van der Waals surface area contributed by atoms with Crippen LogP contribution in [0.25, 0.3) is 0 Å². The Hall–Kier alpha value is -1.23. The van der Waals surface area contributed by atoms with Gasteiger partial charge in [0.15, 0.2) is 0 Å². The smallest absolute Gasteiger partial charge is 0.281 e. The molecule has 2 amide bonds. The zero-order valence-corrected chi connectivity index (χ0v) is 18.7. The van der Waals surface area contributed by atoms with Crippen LogP contribution < -0.4 is 0 Å². The number of likely N-dealkylation sites (tertiary alicyclic amines) is 1. The number of amides is 2. The zero-order chi connectivity index (χ0) is 21.6. The average molecular weight is 433 g/mol. The molecule has 168 valence electrons. The second kappa shape index (κ2) is 10.7. The molecule has 2 rings (SSSR count). The maximum absolute atomic E-state index is 13.0. The van der Waals surface area contributed by atoms with E-state index in [0.717, 1.165) is 53.6 Å². The van der Waals surface area contributed by atoms with Crippen LogP contribution in [-0.4, -0.2) is 91.3 Å². The zero-order valence-electron chi connectivity index (χ0n) is 17.9. The molecule has 0 unspecified atom stereocenters. The average Bonchev–Trinajstić information content (AvgIpc) is 3.20. The molecule has 10 heteroatoms. The fraction of sp³-hybridized carbons (Fsp3) is 0.895. The van der Waals surface area contributed by atoms with Crippen molar-refractivity contribution >= 4 is 22.0 Å². The van der Waals surface area contributed by atoms with Crippen molar-refractivity contribution in [2.75, 3.05) is 47.3 Å². The van der Waals surface area contributed by atoms with Gasteiger partial charge in [-0.1, -0.05) is 12.8 Å². The molecular weight excluding hydrogens is 396 g/mol. The Kier molecular flexibility index (Phi) is 8.87. The highest BCUT2D eigenvalue weighted by Crippen LogP contribution is 2.26. The van der Waals surface area contributed by atoms with Crippen LogP contribution in [0.2, 0.25) is 0 Å². The van der Waals surface area contributed by atoms with Crippen molar-refractivity contribution in [3.05, 3.63) is 0 Å². The van der Waals surface area contributed by atoms with Crippen LogP contribution in [0, 0.1) is 11.8 Å². The highest BCUT2D eigenvalue weighted by molar-refractivity contribution is 7.86. The van der Waals surface area contributed by atoms with Crippen molar-refractivity contribution in [3.8, 4) is 0 Å². The minimum absolute atomic E-state index is 0.103. The first-order valence-electron chi connectivity index (χ1n) is 10.5. The van der Waals surface area contributed by atoms with E-state index in [2.05, 4.69) is 0 Å². The molecule has 1 atom stereocenters. The van der Waals surface area contributed by atoms with Crippen LogP contribution in [0.5, 0.6) is 0 Å². The van der Waals surface area contributed by atoms with Crippen molar-refractivity contribution < 1.29 is 23.2 Å². The van der Waals surface area contributed by atoms with Crippen LogP contribution in [-0.2, 0) is 19.8 Å². The van der Waals surface area contributed by atoms with Gasteiger partial charge in [-0.2, -0.15) is 17.0 Å². The number of hydrogen-bond acceptors (Lipinski definition) is 5. The molecule has 9 nitrogen and oxygen atoms in total. The van der Waals surface area contributed by atoms with Crippen LogP contribution >= 0.6 is 0 Å². The SMILES string of the molecule is CN(C)S(=O)(=O)N(C)C[C@H](CC(=O)N1CCCCC1)C(=O)N(O)CC1CCCC1. The molecule has 29 heavy (non-hydrogen) atoms. The molecule has 0 aromatic heterocycles. The summed E-state index contributed by atoms with van der Waals surface area (Å²) in [4.78, 5) is 27.4. The molecular formula is C19H36N4O5S. The first-order valence-corrected chi connectivity index (χ1v) is 11.9. The minimum atomic E-state index is -3.72. The summed E-state index contributed by atoms with van der Waals surface area (Å²) in [6, 6.07) is 0. The Morgan fingerprint density at radius 3 is 2.17 bits per heavy atom. The van der Waals surface area contributed by atoms with Gasteiger partial charge in [0.1, 0.15) is 0 Å². The predicted molar refractivity (Wildman–Crippen MR) is 109 cm³/mol.